The van der Waals surface area contributed by atoms with E-state index in [0.29, 0.717) is 5.92 Å². The first-order chi connectivity index (χ1) is 9.04. The Labute approximate surface area is 113 Å². The lowest BCUT2D eigenvalue weighted by atomic mass is 9.96. The first-order valence-electron chi connectivity index (χ1n) is 6.20. The smallest absolute Gasteiger partial charge is 0.413 e. The number of hydrogen-bond donors (Lipinski definition) is 2. The van der Waals surface area contributed by atoms with E-state index in [1.807, 2.05) is 30.3 Å². The number of carbonyl (C=O) groups excluding carboxylic acids is 2. The lowest BCUT2D eigenvalue weighted by Gasteiger charge is -2.22. The summed E-state index contributed by atoms with van der Waals surface area (Å²) in [7, 11) is 1.22. The summed E-state index contributed by atoms with van der Waals surface area (Å²) in [5.41, 5.74) is 1.11. The van der Waals surface area contributed by atoms with Crippen LogP contribution in [0.25, 0.3) is 0 Å². The Morgan fingerprint density at radius 3 is 2.37 bits per heavy atom. The van der Waals surface area contributed by atoms with E-state index in [0.717, 1.165) is 5.56 Å². The minimum Gasteiger partial charge on any atom is -0.453 e. The Morgan fingerprint density at radius 2 is 1.84 bits per heavy atom. The summed E-state index contributed by atoms with van der Waals surface area (Å²) in [5, 5.41) is 5.26. The van der Waals surface area contributed by atoms with Gasteiger partial charge in [-0.1, -0.05) is 44.2 Å². The van der Waals surface area contributed by atoms with Crippen LogP contribution in [0.15, 0.2) is 30.3 Å². The number of hydrogen-bond acceptors (Lipinski definition) is 4. The molecule has 2 N–H and O–H groups in total. The SMILES string of the molecule is COC(=O)NC(=O)CN[C@H](c1ccccc1)C(C)C. The maximum Gasteiger partial charge on any atom is 0.413 e. The van der Waals surface area contributed by atoms with Crippen LogP contribution < -0.4 is 10.6 Å². The maximum atomic E-state index is 11.5. The third kappa shape index (κ3) is 5.09. The van der Waals surface area contributed by atoms with Crippen molar-refractivity contribution in [1.82, 2.24) is 10.6 Å². The van der Waals surface area contributed by atoms with Gasteiger partial charge < -0.3 is 10.1 Å². The highest BCUT2D eigenvalue weighted by molar-refractivity contribution is 5.92. The molecule has 5 nitrogen and oxygen atoms in total. The number of methoxy groups -OCH3 is 1. The Morgan fingerprint density at radius 1 is 1.21 bits per heavy atom. The first-order valence-corrected chi connectivity index (χ1v) is 6.20. The van der Waals surface area contributed by atoms with E-state index in [4.69, 9.17) is 0 Å². The van der Waals surface area contributed by atoms with Crippen molar-refractivity contribution in [2.24, 2.45) is 5.92 Å². The van der Waals surface area contributed by atoms with Crippen LogP contribution in [-0.2, 0) is 9.53 Å². The molecule has 0 aromatic heterocycles. The summed E-state index contributed by atoms with van der Waals surface area (Å²) in [6.07, 6.45) is -0.743. The number of nitrogens with one attached hydrogen (secondary N) is 2. The molecular formula is C14H20N2O3. The van der Waals surface area contributed by atoms with E-state index in [1.54, 1.807) is 0 Å². The van der Waals surface area contributed by atoms with Gasteiger partial charge in [0.15, 0.2) is 0 Å². The molecule has 0 aliphatic heterocycles. The summed E-state index contributed by atoms with van der Waals surface area (Å²) in [5.74, 6) is -0.0817. The standard InChI is InChI=1S/C14H20N2O3/c1-10(2)13(11-7-5-4-6-8-11)15-9-12(17)16-14(18)19-3/h4-8,10,13,15H,9H2,1-3H3,(H,16,17,18)/t13-/m0/s1. The van der Waals surface area contributed by atoms with Gasteiger partial charge in [-0.2, -0.15) is 0 Å². The fourth-order valence-corrected chi connectivity index (χ4v) is 1.81. The molecule has 104 valence electrons. The molecule has 0 radical (unpaired) electrons. The Balaban J connectivity index is 2.56. The third-order valence-corrected chi connectivity index (χ3v) is 2.73. The fourth-order valence-electron chi connectivity index (χ4n) is 1.81. The summed E-state index contributed by atoms with van der Waals surface area (Å²) < 4.78 is 4.36. The highest BCUT2D eigenvalue weighted by Crippen LogP contribution is 2.20. The van der Waals surface area contributed by atoms with E-state index in [2.05, 4.69) is 29.2 Å². The molecule has 0 bridgehead atoms. The molecule has 0 fully saturated rings. The van der Waals surface area contributed by atoms with Crippen molar-refractivity contribution in [3.63, 3.8) is 0 Å². The molecule has 0 aliphatic carbocycles. The second-order valence-corrected chi connectivity index (χ2v) is 4.55. The molecule has 0 unspecified atom stereocenters. The van der Waals surface area contributed by atoms with Crippen molar-refractivity contribution < 1.29 is 14.3 Å². The molecule has 1 aromatic rings. The summed E-state index contributed by atoms with van der Waals surface area (Å²) in [4.78, 5) is 22.4. The molecule has 1 aromatic carbocycles. The minimum atomic E-state index is -0.743. The van der Waals surface area contributed by atoms with E-state index >= 15 is 0 Å². The second-order valence-electron chi connectivity index (χ2n) is 4.55. The Hall–Kier alpha value is -1.88. The first kappa shape index (κ1) is 15.2. The van der Waals surface area contributed by atoms with Crippen molar-refractivity contribution in [2.75, 3.05) is 13.7 Å². The molecule has 1 rings (SSSR count). The van der Waals surface area contributed by atoms with E-state index in [9.17, 15) is 9.59 Å². The lowest BCUT2D eigenvalue weighted by molar-refractivity contribution is -0.119. The summed E-state index contributed by atoms with van der Waals surface area (Å²) >= 11 is 0. The van der Waals surface area contributed by atoms with Gasteiger partial charge in [-0.05, 0) is 11.5 Å². The van der Waals surface area contributed by atoms with Crippen molar-refractivity contribution in [3.05, 3.63) is 35.9 Å². The zero-order valence-electron chi connectivity index (χ0n) is 11.5. The van der Waals surface area contributed by atoms with Gasteiger partial charge in [0.25, 0.3) is 0 Å². The largest absolute Gasteiger partial charge is 0.453 e. The van der Waals surface area contributed by atoms with Crippen LogP contribution in [0.5, 0.6) is 0 Å². The quantitative estimate of drug-likeness (QED) is 0.851. The number of benzene rings is 1. The van der Waals surface area contributed by atoms with Gasteiger partial charge in [0, 0.05) is 6.04 Å². The zero-order valence-corrected chi connectivity index (χ0v) is 11.5. The highest BCUT2D eigenvalue weighted by Gasteiger charge is 2.16. The van der Waals surface area contributed by atoms with Crippen LogP contribution in [0.3, 0.4) is 0 Å². The van der Waals surface area contributed by atoms with Crippen LogP contribution in [0.2, 0.25) is 0 Å². The van der Waals surface area contributed by atoms with Crippen molar-refractivity contribution in [1.29, 1.82) is 0 Å². The molecule has 0 heterocycles. The molecule has 1 atom stereocenters. The third-order valence-electron chi connectivity index (χ3n) is 2.73. The number of imide groups is 1. The summed E-state index contributed by atoms with van der Waals surface area (Å²) in [6.45, 7) is 4.21. The normalized spacial score (nSPS) is 12.0. The van der Waals surface area contributed by atoms with E-state index in [-0.39, 0.29) is 12.6 Å². The van der Waals surface area contributed by atoms with Crippen LogP contribution in [0.1, 0.15) is 25.5 Å². The highest BCUT2D eigenvalue weighted by atomic mass is 16.5. The number of carbonyl (C=O) groups is 2. The average Bonchev–Trinajstić information content (AvgIpc) is 2.39. The number of amides is 2. The monoisotopic (exact) mass is 264 g/mol. The lowest BCUT2D eigenvalue weighted by Crippen LogP contribution is -2.39. The predicted octanol–water partition coefficient (Wildman–Crippen LogP) is 1.86. The predicted molar refractivity (Wildman–Crippen MR) is 72.6 cm³/mol. The molecule has 5 heteroatoms. The van der Waals surface area contributed by atoms with E-state index in [1.165, 1.54) is 7.11 Å². The number of alkyl carbamates (subject to hydrolysis) is 1. The van der Waals surface area contributed by atoms with Gasteiger partial charge in [0.05, 0.1) is 13.7 Å². The van der Waals surface area contributed by atoms with Gasteiger partial charge in [-0.3, -0.25) is 10.1 Å². The Kier molecular flexibility index (Phi) is 6.02. The molecular weight excluding hydrogens is 244 g/mol. The number of rotatable bonds is 5. The van der Waals surface area contributed by atoms with Gasteiger partial charge in [-0.15, -0.1) is 0 Å². The topological polar surface area (TPSA) is 67.4 Å². The average molecular weight is 264 g/mol. The second kappa shape index (κ2) is 7.53. The van der Waals surface area contributed by atoms with Crippen LogP contribution in [0.4, 0.5) is 4.79 Å². The van der Waals surface area contributed by atoms with Crippen LogP contribution in [0, 0.1) is 5.92 Å². The van der Waals surface area contributed by atoms with Gasteiger partial charge in [0.1, 0.15) is 0 Å². The number of ether oxygens (including phenoxy) is 1. The van der Waals surface area contributed by atoms with Gasteiger partial charge in [-0.25, -0.2) is 4.79 Å². The minimum absolute atomic E-state index is 0.0598. The maximum absolute atomic E-state index is 11.5. The van der Waals surface area contributed by atoms with Crippen LogP contribution in [-0.4, -0.2) is 25.7 Å². The van der Waals surface area contributed by atoms with Crippen LogP contribution >= 0.6 is 0 Å². The van der Waals surface area contributed by atoms with Crippen molar-refractivity contribution in [3.8, 4) is 0 Å². The van der Waals surface area contributed by atoms with E-state index < -0.39 is 12.0 Å². The van der Waals surface area contributed by atoms with Gasteiger partial charge in [0.2, 0.25) is 5.91 Å². The van der Waals surface area contributed by atoms with Crippen molar-refractivity contribution in [2.45, 2.75) is 19.9 Å². The summed E-state index contributed by atoms with van der Waals surface area (Å²) in [6, 6.07) is 9.95. The molecule has 0 saturated carbocycles. The molecule has 2 amide bonds. The molecule has 19 heavy (non-hydrogen) atoms. The zero-order chi connectivity index (χ0) is 14.3. The molecule has 0 spiro atoms. The fraction of sp³-hybridized carbons (Fsp3) is 0.429. The van der Waals surface area contributed by atoms with Gasteiger partial charge >= 0.3 is 6.09 Å². The molecule has 0 aliphatic rings. The Bertz CT molecular complexity index is 418. The molecule has 0 saturated heterocycles. The van der Waals surface area contributed by atoms with Crippen molar-refractivity contribution >= 4 is 12.0 Å².